The molecule has 19 heavy (non-hydrogen) atoms. The van der Waals surface area contributed by atoms with Crippen molar-refractivity contribution in [3.8, 4) is 0 Å². The van der Waals surface area contributed by atoms with Crippen molar-refractivity contribution in [2.24, 2.45) is 0 Å². The summed E-state index contributed by atoms with van der Waals surface area (Å²) in [5.74, 6) is -0.146. The lowest BCUT2D eigenvalue weighted by Crippen LogP contribution is -2.49. The minimum Gasteiger partial charge on any atom is -0.465 e. The molecule has 0 amide bonds. The van der Waals surface area contributed by atoms with E-state index < -0.39 is 0 Å². The van der Waals surface area contributed by atoms with E-state index >= 15 is 0 Å². The molecule has 1 fully saturated rings. The molecular weight excluding hydrogens is 244 g/mol. The van der Waals surface area contributed by atoms with E-state index in [0.29, 0.717) is 13.2 Å². The van der Waals surface area contributed by atoms with E-state index in [0.717, 1.165) is 39.1 Å². The van der Waals surface area contributed by atoms with Crippen molar-refractivity contribution in [2.75, 3.05) is 39.4 Å². The summed E-state index contributed by atoms with van der Waals surface area (Å²) in [5, 5.41) is 3.29. The zero-order chi connectivity index (χ0) is 14.1. The highest BCUT2D eigenvalue weighted by Crippen LogP contribution is 2.06. The second-order valence-corrected chi connectivity index (χ2v) is 4.89. The molecule has 1 aliphatic heterocycles. The number of likely N-dealkylation sites (N-methyl/N-ethyl adjacent to an activating group) is 1. The molecule has 1 saturated heterocycles. The molecule has 0 saturated carbocycles. The van der Waals surface area contributed by atoms with Crippen molar-refractivity contribution >= 4 is 5.97 Å². The van der Waals surface area contributed by atoms with Crippen molar-refractivity contribution in [1.82, 2.24) is 10.2 Å². The molecule has 0 bridgehead atoms. The summed E-state index contributed by atoms with van der Waals surface area (Å²) in [7, 11) is 0. The molecule has 0 radical (unpaired) electrons. The van der Waals surface area contributed by atoms with E-state index in [2.05, 4.69) is 24.1 Å². The second kappa shape index (κ2) is 9.28. The first kappa shape index (κ1) is 16.4. The normalized spacial score (nSPS) is 22.2. The van der Waals surface area contributed by atoms with Gasteiger partial charge in [0.1, 0.15) is 6.04 Å². The average molecular weight is 272 g/mol. The highest BCUT2D eigenvalue weighted by atomic mass is 16.5. The third-order valence-corrected chi connectivity index (χ3v) is 3.41. The van der Waals surface area contributed by atoms with Crippen LogP contribution in [0.2, 0.25) is 0 Å². The Balaban J connectivity index is 2.35. The number of morpholine rings is 1. The lowest BCUT2D eigenvalue weighted by molar-refractivity contribution is -0.146. The van der Waals surface area contributed by atoms with E-state index in [1.807, 2.05) is 6.92 Å². The Kier molecular flexibility index (Phi) is 8.02. The maximum Gasteiger partial charge on any atom is 0.323 e. The fourth-order valence-corrected chi connectivity index (χ4v) is 2.30. The summed E-state index contributed by atoms with van der Waals surface area (Å²) in [6.45, 7) is 11.0. The second-order valence-electron chi connectivity index (χ2n) is 4.89. The maximum absolute atomic E-state index is 11.8. The largest absolute Gasteiger partial charge is 0.465 e. The molecule has 5 heteroatoms. The third kappa shape index (κ3) is 5.89. The lowest BCUT2D eigenvalue weighted by Gasteiger charge is -2.32. The summed E-state index contributed by atoms with van der Waals surface area (Å²) >= 11 is 0. The van der Waals surface area contributed by atoms with Crippen LogP contribution >= 0.6 is 0 Å². The minimum absolute atomic E-state index is 0.146. The van der Waals surface area contributed by atoms with Gasteiger partial charge < -0.3 is 14.8 Å². The van der Waals surface area contributed by atoms with Gasteiger partial charge in [0.25, 0.3) is 0 Å². The number of hydrogen-bond donors (Lipinski definition) is 1. The molecule has 1 heterocycles. The van der Waals surface area contributed by atoms with Crippen LogP contribution in [0.3, 0.4) is 0 Å². The molecule has 1 aliphatic rings. The molecule has 0 aromatic heterocycles. The zero-order valence-corrected chi connectivity index (χ0v) is 12.5. The first-order valence-corrected chi connectivity index (χ1v) is 7.45. The first-order valence-electron chi connectivity index (χ1n) is 7.45. The van der Waals surface area contributed by atoms with E-state index in [9.17, 15) is 4.79 Å². The Morgan fingerprint density at radius 2 is 2.26 bits per heavy atom. The predicted molar refractivity (Wildman–Crippen MR) is 75.2 cm³/mol. The molecule has 5 nitrogen and oxygen atoms in total. The summed E-state index contributed by atoms with van der Waals surface area (Å²) < 4.78 is 10.8. The summed E-state index contributed by atoms with van der Waals surface area (Å²) in [6.07, 6.45) is 1.94. The standard InChI is InChI=1S/C14H28N2O3/c1-4-7-13(14(17)18-6-3)15-10-12-11-16(5-2)8-9-19-12/h12-13,15H,4-11H2,1-3H3. The number of carbonyl (C=O) groups is 1. The highest BCUT2D eigenvalue weighted by molar-refractivity contribution is 5.75. The topological polar surface area (TPSA) is 50.8 Å². The molecule has 0 aromatic carbocycles. The molecule has 2 atom stereocenters. The van der Waals surface area contributed by atoms with E-state index in [-0.39, 0.29) is 18.1 Å². The third-order valence-electron chi connectivity index (χ3n) is 3.41. The van der Waals surface area contributed by atoms with Crippen molar-refractivity contribution in [3.05, 3.63) is 0 Å². The van der Waals surface area contributed by atoms with E-state index in [1.165, 1.54) is 0 Å². The smallest absolute Gasteiger partial charge is 0.323 e. The molecule has 0 spiro atoms. The Hall–Kier alpha value is -0.650. The van der Waals surface area contributed by atoms with Crippen LogP contribution in [0.25, 0.3) is 0 Å². The van der Waals surface area contributed by atoms with Crippen LogP contribution in [0.1, 0.15) is 33.6 Å². The van der Waals surface area contributed by atoms with Crippen LogP contribution in [0.4, 0.5) is 0 Å². The Morgan fingerprint density at radius 3 is 2.89 bits per heavy atom. The van der Waals surface area contributed by atoms with Crippen molar-refractivity contribution in [3.63, 3.8) is 0 Å². The number of carbonyl (C=O) groups excluding carboxylic acids is 1. The number of nitrogens with zero attached hydrogens (tertiary/aromatic N) is 1. The highest BCUT2D eigenvalue weighted by Gasteiger charge is 2.23. The minimum atomic E-state index is -0.203. The van der Waals surface area contributed by atoms with Gasteiger partial charge in [-0.3, -0.25) is 9.69 Å². The van der Waals surface area contributed by atoms with Crippen LogP contribution in [0.5, 0.6) is 0 Å². The quantitative estimate of drug-likeness (QED) is 0.669. The number of ether oxygens (including phenoxy) is 2. The Labute approximate surface area is 116 Å². The van der Waals surface area contributed by atoms with Gasteiger partial charge >= 0.3 is 5.97 Å². The van der Waals surface area contributed by atoms with Gasteiger partial charge in [-0.15, -0.1) is 0 Å². The fraction of sp³-hybridized carbons (Fsp3) is 0.929. The Bertz CT molecular complexity index is 261. The molecule has 112 valence electrons. The SMILES string of the molecule is CCCC(NCC1CN(CC)CCO1)C(=O)OCC. The molecule has 1 rings (SSSR count). The average Bonchev–Trinajstić information content (AvgIpc) is 2.44. The van der Waals surface area contributed by atoms with Gasteiger partial charge in [-0.25, -0.2) is 0 Å². The van der Waals surface area contributed by atoms with Crippen molar-refractivity contribution in [1.29, 1.82) is 0 Å². The van der Waals surface area contributed by atoms with Crippen molar-refractivity contribution in [2.45, 2.75) is 45.8 Å². The summed E-state index contributed by atoms with van der Waals surface area (Å²) in [5.41, 5.74) is 0. The number of hydrogen-bond acceptors (Lipinski definition) is 5. The molecule has 2 unspecified atom stereocenters. The zero-order valence-electron chi connectivity index (χ0n) is 12.5. The summed E-state index contributed by atoms with van der Waals surface area (Å²) in [4.78, 5) is 14.2. The number of esters is 1. The van der Waals surface area contributed by atoms with Gasteiger partial charge in [0.15, 0.2) is 0 Å². The number of nitrogens with one attached hydrogen (secondary N) is 1. The molecular formula is C14H28N2O3. The predicted octanol–water partition coefficient (Wildman–Crippen LogP) is 1.03. The van der Waals surface area contributed by atoms with Crippen LogP contribution in [0.15, 0.2) is 0 Å². The van der Waals surface area contributed by atoms with Gasteiger partial charge in [-0.2, -0.15) is 0 Å². The first-order chi connectivity index (χ1) is 9.21. The molecule has 1 N–H and O–H groups in total. The van der Waals surface area contributed by atoms with Crippen LogP contribution < -0.4 is 5.32 Å². The van der Waals surface area contributed by atoms with E-state index in [1.54, 1.807) is 0 Å². The van der Waals surface area contributed by atoms with Gasteiger partial charge in [0, 0.05) is 19.6 Å². The van der Waals surface area contributed by atoms with Crippen molar-refractivity contribution < 1.29 is 14.3 Å². The maximum atomic E-state index is 11.8. The molecule has 0 aromatic rings. The van der Waals surface area contributed by atoms with Gasteiger partial charge in [-0.1, -0.05) is 20.3 Å². The van der Waals surface area contributed by atoms with Crippen LogP contribution in [-0.4, -0.2) is 62.4 Å². The fourth-order valence-electron chi connectivity index (χ4n) is 2.30. The van der Waals surface area contributed by atoms with Gasteiger partial charge in [0.05, 0.1) is 19.3 Å². The van der Waals surface area contributed by atoms with Gasteiger partial charge in [-0.05, 0) is 19.9 Å². The molecule has 0 aliphatic carbocycles. The summed E-state index contributed by atoms with van der Waals surface area (Å²) in [6, 6.07) is -0.203. The van der Waals surface area contributed by atoms with Crippen LogP contribution in [-0.2, 0) is 14.3 Å². The monoisotopic (exact) mass is 272 g/mol. The van der Waals surface area contributed by atoms with Gasteiger partial charge in [0.2, 0.25) is 0 Å². The lowest BCUT2D eigenvalue weighted by atomic mass is 10.1. The number of rotatable bonds is 8. The van der Waals surface area contributed by atoms with Crippen LogP contribution in [0, 0.1) is 0 Å². The Morgan fingerprint density at radius 1 is 1.47 bits per heavy atom. The van der Waals surface area contributed by atoms with E-state index in [4.69, 9.17) is 9.47 Å².